The standard InChI is InChI=1S/C13H17N3O2/c1-4-9-12(15-16-13(9)14)10-7-8(17-2)5-6-11(10)18-3/h5-7H,4H2,1-3H3,(H3,14,15,16). The maximum atomic E-state index is 5.84. The highest BCUT2D eigenvalue weighted by Gasteiger charge is 2.15. The van der Waals surface area contributed by atoms with E-state index in [-0.39, 0.29) is 0 Å². The SMILES string of the molecule is CCc1c(N)n[nH]c1-c1cc(OC)ccc1OC. The minimum absolute atomic E-state index is 0.525. The number of nitrogen functional groups attached to an aromatic ring is 1. The summed E-state index contributed by atoms with van der Waals surface area (Å²) in [6.07, 6.45) is 0.804. The molecule has 0 amide bonds. The molecule has 0 aliphatic heterocycles. The van der Waals surface area contributed by atoms with E-state index in [4.69, 9.17) is 15.2 Å². The van der Waals surface area contributed by atoms with Crippen LogP contribution >= 0.6 is 0 Å². The van der Waals surface area contributed by atoms with Gasteiger partial charge in [-0.15, -0.1) is 0 Å². The number of hydrogen-bond acceptors (Lipinski definition) is 4. The fourth-order valence-corrected chi connectivity index (χ4v) is 1.97. The Bertz CT molecular complexity index is 549. The first-order valence-corrected chi connectivity index (χ1v) is 5.76. The lowest BCUT2D eigenvalue weighted by Gasteiger charge is -2.10. The fourth-order valence-electron chi connectivity index (χ4n) is 1.97. The van der Waals surface area contributed by atoms with Crippen LogP contribution in [0, 0.1) is 0 Å². The Morgan fingerprint density at radius 3 is 2.67 bits per heavy atom. The smallest absolute Gasteiger partial charge is 0.149 e. The van der Waals surface area contributed by atoms with Gasteiger partial charge in [-0.3, -0.25) is 5.10 Å². The van der Waals surface area contributed by atoms with Crippen molar-refractivity contribution < 1.29 is 9.47 Å². The van der Waals surface area contributed by atoms with E-state index in [9.17, 15) is 0 Å². The second-order valence-corrected chi connectivity index (χ2v) is 3.88. The summed E-state index contributed by atoms with van der Waals surface area (Å²) in [6, 6.07) is 5.63. The zero-order chi connectivity index (χ0) is 13.1. The number of nitrogens with two attached hydrogens (primary N) is 1. The number of H-pyrrole nitrogens is 1. The van der Waals surface area contributed by atoms with E-state index in [1.54, 1.807) is 14.2 Å². The molecule has 96 valence electrons. The number of nitrogens with zero attached hydrogens (tertiary/aromatic N) is 1. The molecular weight excluding hydrogens is 230 g/mol. The third-order valence-electron chi connectivity index (χ3n) is 2.93. The van der Waals surface area contributed by atoms with Crippen LogP contribution in [-0.4, -0.2) is 24.4 Å². The molecule has 1 aromatic carbocycles. The number of anilines is 1. The molecule has 0 unspecified atom stereocenters. The van der Waals surface area contributed by atoms with Crippen LogP contribution in [0.1, 0.15) is 12.5 Å². The van der Waals surface area contributed by atoms with E-state index in [1.165, 1.54) is 0 Å². The molecule has 0 saturated carbocycles. The summed E-state index contributed by atoms with van der Waals surface area (Å²) in [5, 5.41) is 7.01. The lowest BCUT2D eigenvalue weighted by molar-refractivity contribution is 0.404. The van der Waals surface area contributed by atoms with Crippen molar-refractivity contribution in [2.45, 2.75) is 13.3 Å². The van der Waals surface area contributed by atoms with Gasteiger partial charge in [0, 0.05) is 11.1 Å². The van der Waals surface area contributed by atoms with Crippen molar-refractivity contribution in [3.63, 3.8) is 0 Å². The highest BCUT2D eigenvalue weighted by atomic mass is 16.5. The molecule has 3 N–H and O–H groups in total. The van der Waals surface area contributed by atoms with Gasteiger partial charge in [-0.2, -0.15) is 5.10 Å². The van der Waals surface area contributed by atoms with Crippen LogP contribution in [0.25, 0.3) is 11.3 Å². The van der Waals surface area contributed by atoms with Crippen LogP contribution in [0.15, 0.2) is 18.2 Å². The molecular formula is C13H17N3O2. The highest BCUT2D eigenvalue weighted by Crippen LogP contribution is 2.35. The second kappa shape index (κ2) is 5.00. The third kappa shape index (κ3) is 1.99. The molecule has 0 atom stereocenters. The van der Waals surface area contributed by atoms with E-state index < -0.39 is 0 Å². The number of methoxy groups -OCH3 is 2. The van der Waals surface area contributed by atoms with Gasteiger partial charge in [0.1, 0.15) is 17.3 Å². The molecule has 0 fully saturated rings. The quantitative estimate of drug-likeness (QED) is 0.869. The normalized spacial score (nSPS) is 10.4. The summed E-state index contributed by atoms with van der Waals surface area (Å²) in [5.41, 5.74) is 8.61. The van der Waals surface area contributed by atoms with E-state index in [0.717, 1.165) is 34.7 Å². The fraction of sp³-hybridized carbons (Fsp3) is 0.308. The summed E-state index contributed by atoms with van der Waals surface area (Å²) in [4.78, 5) is 0. The van der Waals surface area contributed by atoms with Gasteiger partial charge >= 0.3 is 0 Å². The van der Waals surface area contributed by atoms with Crippen molar-refractivity contribution >= 4 is 5.82 Å². The van der Waals surface area contributed by atoms with Crippen LogP contribution in [0.2, 0.25) is 0 Å². The minimum Gasteiger partial charge on any atom is -0.497 e. The van der Waals surface area contributed by atoms with Crippen LogP contribution in [0.4, 0.5) is 5.82 Å². The van der Waals surface area contributed by atoms with Gasteiger partial charge in [-0.05, 0) is 24.6 Å². The Balaban J connectivity index is 2.60. The largest absolute Gasteiger partial charge is 0.497 e. The Kier molecular flexibility index (Phi) is 3.41. The van der Waals surface area contributed by atoms with Crippen molar-refractivity contribution in [2.75, 3.05) is 20.0 Å². The van der Waals surface area contributed by atoms with E-state index in [0.29, 0.717) is 5.82 Å². The van der Waals surface area contributed by atoms with Crippen molar-refractivity contribution in [1.29, 1.82) is 0 Å². The minimum atomic E-state index is 0.525. The highest BCUT2D eigenvalue weighted by molar-refractivity contribution is 5.74. The molecule has 0 radical (unpaired) electrons. The third-order valence-corrected chi connectivity index (χ3v) is 2.93. The molecule has 2 aromatic rings. The van der Waals surface area contributed by atoms with Crippen molar-refractivity contribution in [3.8, 4) is 22.8 Å². The van der Waals surface area contributed by atoms with Gasteiger partial charge in [0.05, 0.1) is 19.9 Å². The summed E-state index contributed by atoms with van der Waals surface area (Å²) in [7, 11) is 3.27. The monoisotopic (exact) mass is 247 g/mol. The topological polar surface area (TPSA) is 73.2 Å². The van der Waals surface area contributed by atoms with Crippen LogP contribution in [0.5, 0.6) is 11.5 Å². The zero-order valence-electron chi connectivity index (χ0n) is 10.8. The number of benzene rings is 1. The first-order valence-electron chi connectivity index (χ1n) is 5.76. The van der Waals surface area contributed by atoms with Gasteiger partial charge in [0.15, 0.2) is 0 Å². The predicted octanol–water partition coefficient (Wildman–Crippen LogP) is 2.24. The molecule has 5 heteroatoms. The second-order valence-electron chi connectivity index (χ2n) is 3.88. The molecule has 2 rings (SSSR count). The number of hydrogen-bond donors (Lipinski definition) is 2. The predicted molar refractivity (Wildman–Crippen MR) is 70.9 cm³/mol. The first-order chi connectivity index (χ1) is 8.71. The summed E-state index contributed by atoms with van der Waals surface area (Å²) >= 11 is 0. The molecule has 0 spiro atoms. The number of rotatable bonds is 4. The maximum absolute atomic E-state index is 5.84. The molecule has 18 heavy (non-hydrogen) atoms. The number of aromatic amines is 1. The van der Waals surface area contributed by atoms with E-state index in [2.05, 4.69) is 10.2 Å². The lowest BCUT2D eigenvalue weighted by Crippen LogP contribution is -1.94. The maximum Gasteiger partial charge on any atom is 0.149 e. The molecule has 1 heterocycles. The lowest BCUT2D eigenvalue weighted by atomic mass is 10.0. The molecule has 1 aromatic heterocycles. The molecule has 5 nitrogen and oxygen atoms in total. The summed E-state index contributed by atoms with van der Waals surface area (Å²) in [6.45, 7) is 2.04. The molecule has 0 aliphatic rings. The van der Waals surface area contributed by atoms with Crippen LogP contribution in [0.3, 0.4) is 0 Å². The van der Waals surface area contributed by atoms with Gasteiger partial charge in [-0.1, -0.05) is 6.92 Å². The van der Waals surface area contributed by atoms with Crippen LogP contribution in [-0.2, 0) is 6.42 Å². The number of ether oxygens (including phenoxy) is 2. The number of nitrogens with one attached hydrogen (secondary N) is 1. The van der Waals surface area contributed by atoms with Crippen LogP contribution < -0.4 is 15.2 Å². The van der Waals surface area contributed by atoms with Gasteiger partial charge in [0.25, 0.3) is 0 Å². The Morgan fingerprint density at radius 2 is 2.06 bits per heavy atom. The van der Waals surface area contributed by atoms with Crippen molar-refractivity contribution in [2.24, 2.45) is 0 Å². The molecule has 0 aliphatic carbocycles. The van der Waals surface area contributed by atoms with Crippen molar-refractivity contribution in [3.05, 3.63) is 23.8 Å². The Hall–Kier alpha value is -2.17. The Labute approximate surface area is 106 Å². The first kappa shape index (κ1) is 12.3. The number of aromatic nitrogens is 2. The Morgan fingerprint density at radius 1 is 1.28 bits per heavy atom. The van der Waals surface area contributed by atoms with Crippen molar-refractivity contribution in [1.82, 2.24) is 10.2 Å². The molecule has 0 bridgehead atoms. The summed E-state index contributed by atoms with van der Waals surface area (Å²) in [5.74, 6) is 2.05. The average Bonchev–Trinajstić information content (AvgIpc) is 2.78. The van der Waals surface area contributed by atoms with Gasteiger partial charge < -0.3 is 15.2 Å². The molecule has 0 saturated heterocycles. The average molecular weight is 247 g/mol. The van der Waals surface area contributed by atoms with E-state index >= 15 is 0 Å². The zero-order valence-corrected chi connectivity index (χ0v) is 10.8. The van der Waals surface area contributed by atoms with Gasteiger partial charge in [-0.25, -0.2) is 0 Å². The van der Waals surface area contributed by atoms with Gasteiger partial charge in [0.2, 0.25) is 0 Å². The van der Waals surface area contributed by atoms with E-state index in [1.807, 2.05) is 25.1 Å². The summed E-state index contributed by atoms with van der Waals surface area (Å²) < 4.78 is 10.6.